The molecule has 0 bridgehead atoms. The molecular weight excluding hydrogens is 478 g/mol. The van der Waals surface area contributed by atoms with E-state index in [1.807, 2.05) is 32.3 Å². The maximum absolute atomic E-state index is 15.2. The van der Waals surface area contributed by atoms with Gasteiger partial charge in [-0.3, -0.25) is 4.79 Å². The summed E-state index contributed by atoms with van der Waals surface area (Å²) in [5.41, 5.74) is 9.40. The van der Waals surface area contributed by atoms with Gasteiger partial charge in [-0.05, 0) is 68.0 Å². The van der Waals surface area contributed by atoms with Crippen LogP contribution < -0.4 is 16.2 Å². The highest BCUT2D eigenvalue weighted by atomic mass is 19.1. The van der Waals surface area contributed by atoms with Gasteiger partial charge in [-0.25, -0.2) is 14.4 Å². The highest BCUT2D eigenvalue weighted by molar-refractivity contribution is 5.88. The van der Waals surface area contributed by atoms with Crippen molar-refractivity contribution in [2.45, 2.75) is 13.5 Å². The van der Waals surface area contributed by atoms with Crippen molar-refractivity contribution in [1.82, 2.24) is 19.9 Å². The van der Waals surface area contributed by atoms with Gasteiger partial charge in [0.15, 0.2) is 0 Å². The zero-order valence-electron chi connectivity index (χ0n) is 20.9. The van der Waals surface area contributed by atoms with E-state index in [-0.39, 0.29) is 22.3 Å². The fourth-order valence-corrected chi connectivity index (χ4v) is 4.77. The molecule has 1 aliphatic rings. The first kappa shape index (κ1) is 24.8. The summed E-state index contributed by atoms with van der Waals surface area (Å²) in [6.45, 7) is 5.16. The van der Waals surface area contributed by atoms with Crippen LogP contribution in [0.3, 0.4) is 0 Å². The van der Waals surface area contributed by atoms with Gasteiger partial charge < -0.3 is 25.3 Å². The molecule has 0 radical (unpaired) electrons. The quantitative estimate of drug-likeness (QED) is 0.398. The minimum Gasteiger partial charge on any atom is -0.383 e. The van der Waals surface area contributed by atoms with Crippen LogP contribution in [0.25, 0.3) is 33.2 Å². The SMILES string of the molecule is Cc1nc2cc(-c3cc(-c4ccc(N5CCOCC5)c(CN(C)C)c4)c(F)nc3N)cc(F)c2c(=O)[nH]1. The number of anilines is 2. The number of ether oxygens (including phenoxy) is 1. The van der Waals surface area contributed by atoms with E-state index in [0.29, 0.717) is 42.3 Å². The molecule has 3 N–H and O–H groups in total. The highest BCUT2D eigenvalue weighted by Gasteiger charge is 2.20. The fourth-order valence-electron chi connectivity index (χ4n) is 4.77. The molecule has 5 rings (SSSR count). The van der Waals surface area contributed by atoms with Gasteiger partial charge >= 0.3 is 0 Å². The number of nitrogens with one attached hydrogen (secondary N) is 1. The number of aromatic nitrogens is 3. The van der Waals surface area contributed by atoms with Crippen molar-refractivity contribution in [2.75, 3.05) is 51.0 Å². The number of H-pyrrole nitrogens is 1. The average Bonchev–Trinajstić information content (AvgIpc) is 2.83. The van der Waals surface area contributed by atoms with Crippen LogP contribution in [0.4, 0.5) is 20.3 Å². The van der Waals surface area contributed by atoms with Crippen molar-refractivity contribution in [3.63, 3.8) is 0 Å². The average molecular weight is 507 g/mol. The number of pyridine rings is 1. The molecule has 3 heterocycles. The van der Waals surface area contributed by atoms with Crippen molar-refractivity contribution >= 4 is 22.4 Å². The van der Waals surface area contributed by atoms with Crippen molar-refractivity contribution in [2.24, 2.45) is 0 Å². The fraction of sp³-hybridized carbons (Fsp3) is 0.296. The van der Waals surface area contributed by atoms with Crippen LogP contribution in [0.1, 0.15) is 11.4 Å². The summed E-state index contributed by atoms with van der Waals surface area (Å²) in [5, 5.41) is -0.143. The number of benzene rings is 2. The topological polar surface area (TPSA) is 100 Å². The lowest BCUT2D eigenvalue weighted by molar-refractivity contribution is 0.122. The number of hydrogen-bond acceptors (Lipinski definition) is 7. The zero-order chi connectivity index (χ0) is 26.3. The Kier molecular flexibility index (Phi) is 6.61. The Morgan fingerprint density at radius 3 is 2.54 bits per heavy atom. The number of hydrogen-bond donors (Lipinski definition) is 2. The number of rotatable bonds is 5. The second-order valence-corrected chi connectivity index (χ2v) is 9.44. The molecule has 1 fully saturated rings. The third kappa shape index (κ3) is 4.90. The lowest BCUT2D eigenvalue weighted by Gasteiger charge is -2.31. The Balaban J connectivity index is 1.63. The Hall–Kier alpha value is -3.89. The van der Waals surface area contributed by atoms with Gasteiger partial charge in [0.2, 0.25) is 5.95 Å². The van der Waals surface area contributed by atoms with Gasteiger partial charge in [-0.15, -0.1) is 0 Å². The molecule has 1 aliphatic heterocycles. The van der Waals surface area contributed by atoms with E-state index in [0.717, 1.165) is 24.3 Å². The molecule has 0 aliphatic carbocycles. The molecule has 192 valence electrons. The molecule has 0 spiro atoms. The summed E-state index contributed by atoms with van der Waals surface area (Å²) in [6, 6.07) is 10.1. The Bertz CT molecular complexity index is 1550. The van der Waals surface area contributed by atoms with Crippen LogP contribution in [0.2, 0.25) is 0 Å². The molecule has 2 aromatic carbocycles. The number of halogens is 2. The predicted molar refractivity (Wildman–Crippen MR) is 141 cm³/mol. The molecule has 0 saturated carbocycles. The van der Waals surface area contributed by atoms with Crippen LogP contribution >= 0.6 is 0 Å². The van der Waals surface area contributed by atoms with E-state index in [2.05, 4.69) is 24.8 Å². The summed E-state index contributed by atoms with van der Waals surface area (Å²) in [4.78, 5) is 27.3. The Morgan fingerprint density at radius 1 is 1.05 bits per heavy atom. The smallest absolute Gasteiger partial charge is 0.261 e. The summed E-state index contributed by atoms with van der Waals surface area (Å²) < 4.78 is 35.6. The highest BCUT2D eigenvalue weighted by Crippen LogP contribution is 2.35. The van der Waals surface area contributed by atoms with E-state index in [9.17, 15) is 9.18 Å². The van der Waals surface area contributed by atoms with Gasteiger partial charge in [-0.2, -0.15) is 4.39 Å². The molecule has 0 amide bonds. The van der Waals surface area contributed by atoms with Crippen molar-refractivity contribution in [3.05, 3.63) is 69.9 Å². The molecule has 8 nitrogen and oxygen atoms in total. The van der Waals surface area contributed by atoms with Gasteiger partial charge in [-0.1, -0.05) is 6.07 Å². The molecule has 0 unspecified atom stereocenters. The summed E-state index contributed by atoms with van der Waals surface area (Å²) >= 11 is 0. The van der Waals surface area contributed by atoms with E-state index < -0.39 is 17.3 Å². The summed E-state index contributed by atoms with van der Waals surface area (Å²) in [6.07, 6.45) is 0. The Morgan fingerprint density at radius 2 is 1.81 bits per heavy atom. The second kappa shape index (κ2) is 9.87. The number of aryl methyl sites for hydroxylation is 1. The van der Waals surface area contributed by atoms with E-state index in [1.165, 1.54) is 6.07 Å². The Labute approximate surface area is 212 Å². The van der Waals surface area contributed by atoms with Crippen LogP contribution in [0, 0.1) is 18.7 Å². The molecule has 37 heavy (non-hydrogen) atoms. The normalized spacial score (nSPS) is 14.1. The summed E-state index contributed by atoms with van der Waals surface area (Å²) in [7, 11) is 3.96. The molecule has 4 aromatic rings. The molecule has 0 atom stereocenters. The zero-order valence-corrected chi connectivity index (χ0v) is 20.9. The van der Waals surface area contributed by atoms with Gasteiger partial charge in [0.25, 0.3) is 5.56 Å². The van der Waals surface area contributed by atoms with Gasteiger partial charge in [0.1, 0.15) is 22.8 Å². The monoisotopic (exact) mass is 506 g/mol. The molecular formula is C27H28F2N6O2. The molecule has 10 heteroatoms. The first-order valence-electron chi connectivity index (χ1n) is 12.0. The first-order chi connectivity index (χ1) is 17.7. The number of aromatic amines is 1. The molecule has 1 saturated heterocycles. The van der Waals surface area contributed by atoms with E-state index >= 15 is 4.39 Å². The predicted octanol–water partition coefficient (Wildman–Crippen LogP) is 3.72. The number of nitrogens with two attached hydrogens (primary N) is 1. The van der Waals surface area contributed by atoms with Crippen LogP contribution in [-0.2, 0) is 11.3 Å². The maximum atomic E-state index is 15.2. The maximum Gasteiger partial charge on any atom is 0.261 e. The minimum atomic E-state index is -0.741. The first-order valence-corrected chi connectivity index (χ1v) is 12.0. The van der Waals surface area contributed by atoms with Gasteiger partial charge in [0, 0.05) is 36.4 Å². The van der Waals surface area contributed by atoms with E-state index in [4.69, 9.17) is 10.5 Å². The third-order valence-corrected chi connectivity index (χ3v) is 6.42. The van der Waals surface area contributed by atoms with Crippen LogP contribution in [-0.4, -0.2) is 60.3 Å². The lowest BCUT2D eigenvalue weighted by Crippen LogP contribution is -2.37. The number of nitrogen functional groups attached to an aromatic ring is 1. The van der Waals surface area contributed by atoms with Crippen molar-refractivity contribution in [1.29, 1.82) is 0 Å². The molecule has 2 aromatic heterocycles. The van der Waals surface area contributed by atoms with Crippen molar-refractivity contribution < 1.29 is 13.5 Å². The second-order valence-electron chi connectivity index (χ2n) is 9.44. The van der Waals surface area contributed by atoms with Crippen molar-refractivity contribution in [3.8, 4) is 22.3 Å². The standard InChI is InChI=1S/C27H28F2N6O2/c1-15-31-22-12-17(11-21(28)24(22)27(36)32-15)20-13-19(25(29)33-26(20)30)16-4-5-23(18(10-16)14-34(2)3)35-6-8-37-9-7-35/h4-5,10-13H,6-9,14H2,1-3H3,(H2,30,33)(H,31,32,36). The number of nitrogens with zero attached hydrogens (tertiary/aromatic N) is 4. The number of morpholine rings is 1. The van der Waals surface area contributed by atoms with Crippen LogP contribution in [0.15, 0.2) is 41.2 Å². The largest absolute Gasteiger partial charge is 0.383 e. The van der Waals surface area contributed by atoms with Gasteiger partial charge in [0.05, 0.1) is 18.7 Å². The van der Waals surface area contributed by atoms with E-state index in [1.54, 1.807) is 19.1 Å². The lowest BCUT2D eigenvalue weighted by atomic mass is 9.97. The third-order valence-electron chi connectivity index (χ3n) is 6.42. The number of fused-ring (bicyclic) bond motifs is 1. The van der Waals surface area contributed by atoms with Crippen LogP contribution in [0.5, 0.6) is 0 Å². The minimum absolute atomic E-state index is 0.0833. The summed E-state index contributed by atoms with van der Waals surface area (Å²) in [5.74, 6) is -1.19.